The van der Waals surface area contributed by atoms with E-state index in [-0.39, 0.29) is 35.8 Å². The zero-order valence-corrected chi connectivity index (χ0v) is 32.7. The molecule has 2 aromatic heterocycles. The smallest absolute Gasteiger partial charge is 0.411 e. The molecule has 0 aliphatic rings. The number of aromatic amines is 2. The van der Waals surface area contributed by atoms with E-state index in [0.29, 0.717) is 11.6 Å². The molecule has 2 unspecified atom stereocenters. The first kappa shape index (κ1) is 41.4. The Hall–Kier alpha value is -5.34. The first-order chi connectivity index (χ1) is 25.4. The summed E-state index contributed by atoms with van der Waals surface area (Å²) in [6.45, 7) is 19.7. The molecule has 14 nitrogen and oxygen atoms in total. The standard InChI is InChI=1S/C40H54N8O6/c1-19(2)31(45-33(21(5)6)37(49)47-39(51)52)35-41-17-29(43-35)26-13-11-25(12-14-26)27-15-16-28(24(10)23(27)9)30-18-42-36(44-30)32(20(3)4)46-34(22(7)8)38(50)48-40(53)54/h11-22,31-34,45-46H,1-10H3,(H,41,43)(H,42,44)(H,47,49)(H,48,50)(H,51,52)(H,53,54)/t31?,32-,33?,34-/m1/s1. The molecule has 14 heteroatoms. The van der Waals surface area contributed by atoms with Gasteiger partial charge < -0.3 is 20.2 Å². The lowest BCUT2D eigenvalue weighted by atomic mass is 9.92. The molecule has 4 aromatic rings. The summed E-state index contributed by atoms with van der Waals surface area (Å²) < 4.78 is 0. The van der Waals surface area contributed by atoms with Crippen molar-refractivity contribution in [1.29, 1.82) is 0 Å². The Morgan fingerprint density at radius 1 is 0.556 bits per heavy atom. The number of carbonyl (C=O) groups excluding carboxylic acids is 2. The highest BCUT2D eigenvalue weighted by Gasteiger charge is 2.31. The van der Waals surface area contributed by atoms with Gasteiger partial charge in [-0.15, -0.1) is 0 Å². The molecule has 2 heterocycles. The molecule has 4 atom stereocenters. The number of hydrogen-bond donors (Lipinski definition) is 8. The largest absolute Gasteiger partial charge is 0.465 e. The average molecular weight is 743 g/mol. The summed E-state index contributed by atoms with van der Waals surface area (Å²) in [6, 6.07) is 10.3. The van der Waals surface area contributed by atoms with Crippen molar-refractivity contribution < 1.29 is 29.4 Å². The van der Waals surface area contributed by atoms with Crippen LogP contribution in [0.2, 0.25) is 0 Å². The van der Waals surface area contributed by atoms with Crippen LogP contribution in [-0.4, -0.2) is 66.2 Å². The number of rotatable bonds is 15. The van der Waals surface area contributed by atoms with Gasteiger partial charge in [0.1, 0.15) is 11.6 Å². The van der Waals surface area contributed by atoms with Crippen LogP contribution in [0.4, 0.5) is 9.59 Å². The number of imide groups is 2. The maximum absolute atomic E-state index is 12.7. The molecule has 290 valence electrons. The summed E-state index contributed by atoms with van der Waals surface area (Å²) in [4.78, 5) is 63.7. The molecule has 0 fully saturated rings. The molecule has 0 aliphatic heterocycles. The van der Waals surface area contributed by atoms with Gasteiger partial charge in [0.05, 0.1) is 47.9 Å². The molecule has 0 saturated heterocycles. The van der Waals surface area contributed by atoms with E-state index in [2.05, 4.69) is 68.7 Å². The average Bonchev–Trinajstić information content (AvgIpc) is 3.76. The molecule has 0 spiro atoms. The van der Waals surface area contributed by atoms with Crippen molar-refractivity contribution in [2.24, 2.45) is 23.7 Å². The Morgan fingerprint density at radius 3 is 1.37 bits per heavy atom. The lowest BCUT2D eigenvalue weighted by Gasteiger charge is -2.28. The fraction of sp³-hybridized carbons (Fsp3) is 0.450. The zero-order valence-electron chi connectivity index (χ0n) is 32.7. The van der Waals surface area contributed by atoms with Crippen molar-refractivity contribution in [2.45, 2.75) is 93.4 Å². The minimum absolute atomic E-state index is 0.0496. The van der Waals surface area contributed by atoms with Crippen LogP contribution in [0.15, 0.2) is 48.8 Å². The summed E-state index contributed by atoms with van der Waals surface area (Å²) in [5, 5.41) is 28.8. The van der Waals surface area contributed by atoms with Crippen LogP contribution in [0.1, 0.15) is 90.2 Å². The van der Waals surface area contributed by atoms with Gasteiger partial charge in [0.25, 0.3) is 0 Å². The topological polar surface area (TPSA) is 214 Å². The van der Waals surface area contributed by atoms with Gasteiger partial charge in [0.15, 0.2) is 0 Å². The summed E-state index contributed by atoms with van der Waals surface area (Å²) in [6.07, 6.45) is 0.775. The molecule has 0 aliphatic carbocycles. The second kappa shape index (κ2) is 17.7. The molecule has 4 rings (SSSR count). The zero-order chi connectivity index (χ0) is 40.0. The van der Waals surface area contributed by atoms with Gasteiger partial charge in [-0.25, -0.2) is 19.6 Å². The lowest BCUT2D eigenvalue weighted by Crippen LogP contribution is -2.50. The number of carbonyl (C=O) groups is 4. The highest BCUT2D eigenvalue weighted by atomic mass is 16.4. The van der Waals surface area contributed by atoms with Crippen LogP contribution in [0.25, 0.3) is 33.6 Å². The van der Waals surface area contributed by atoms with Crippen molar-refractivity contribution in [2.75, 3.05) is 0 Å². The number of H-pyrrole nitrogens is 2. The van der Waals surface area contributed by atoms with Gasteiger partial charge in [0, 0.05) is 5.56 Å². The Balaban J connectivity index is 1.54. The maximum atomic E-state index is 12.7. The third kappa shape index (κ3) is 9.79. The van der Waals surface area contributed by atoms with Crippen molar-refractivity contribution in [1.82, 2.24) is 41.2 Å². The first-order valence-electron chi connectivity index (χ1n) is 18.3. The number of aromatic nitrogens is 4. The van der Waals surface area contributed by atoms with Gasteiger partial charge in [0.2, 0.25) is 11.8 Å². The van der Waals surface area contributed by atoms with E-state index in [0.717, 1.165) is 44.8 Å². The SMILES string of the molecule is Cc1c(-c2ccc(-c3cnc(C(NC(C(=O)NC(=O)O)C(C)C)C(C)C)[nH]3)cc2)ccc(-c2cnc([C@H](N[C@@H](C(=O)NC(=O)O)C(C)C)C(C)C)[nH]2)c1C. The van der Waals surface area contributed by atoms with Gasteiger partial charge in [-0.2, -0.15) is 0 Å². The van der Waals surface area contributed by atoms with Gasteiger partial charge in [-0.1, -0.05) is 91.8 Å². The predicted molar refractivity (Wildman–Crippen MR) is 208 cm³/mol. The van der Waals surface area contributed by atoms with E-state index in [1.165, 1.54) is 0 Å². The maximum Gasteiger partial charge on any atom is 0.411 e. The normalized spacial score (nSPS) is 14.0. The molecular weight excluding hydrogens is 688 g/mol. The second-order valence-electron chi connectivity index (χ2n) is 15.2. The Labute approximate surface area is 316 Å². The highest BCUT2D eigenvalue weighted by Crippen LogP contribution is 2.34. The molecule has 4 amide bonds. The molecule has 54 heavy (non-hydrogen) atoms. The van der Waals surface area contributed by atoms with Crippen LogP contribution >= 0.6 is 0 Å². The van der Waals surface area contributed by atoms with E-state index in [9.17, 15) is 19.2 Å². The summed E-state index contributed by atoms with van der Waals surface area (Å²) in [5.74, 6) is -0.104. The quantitative estimate of drug-likeness (QED) is 0.0627. The van der Waals surface area contributed by atoms with Crippen molar-refractivity contribution >= 4 is 24.0 Å². The third-order valence-electron chi connectivity index (χ3n) is 9.77. The van der Waals surface area contributed by atoms with Crippen LogP contribution in [-0.2, 0) is 9.59 Å². The Morgan fingerprint density at radius 2 is 0.944 bits per heavy atom. The minimum atomic E-state index is -1.39. The Kier molecular flexibility index (Phi) is 13.5. The molecule has 0 radical (unpaired) electrons. The van der Waals surface area contributed by atoms with E-state index in [1.807, 2.05) is 78.2 Å². The van der Waals surface area contributed by atoms with Crippen LogP contribution in [0.5, 0.6) is 0 Å². The second-order valence-corrected chi connectivity index (χ2v) is 15.2. The van der Waals surface area contributed by atoms with Gasteiger partial charge in [-0.3, -0.25) is 30.9 Å². The van der Waals surface area contributed by atoms with E-state index in [1.54, 1.807) is 12.4 Å². The molecule has 2 aromatic carbocycles. The van der Waals surface area contributed by atoms with Crippen molar-refractivity contribution in [3.05, 3.63) is 71.6 Å². The monoisotopic (exact) mass is 742 g/mol. The number of amides is 4. The third-order valence-corrected chi connectivity index (χ3v) is 9.77. The number of nitrogens with one attached hydrogen (secondary N) is 6. The van der Waals surface area contributed by atoms with Crippen molar-refractivity contribution in [3.8, 4) is 33.6 Å². The number of hydrogen-bond acceptors (Lipinski definition) is 8. The number of benzene rings is 2. The Bertz CT molecular complexity index is 1950. The summed E-state index contributed by atoms with van der Waals surface area (Å²) in [7, 11) is 0. The highest BCUT2D eigenvalue weighted by molar-refractivity contribution is 5.95. The molecule has 0 saturated carbocycles. The lowest BCUT2D eigenvalue weighted by molar-refractivity contribution is -0.124. The van der Waals surface area contributed by atoms with E-state index < -0.39 is 36.1 Å². The molecule has 0 bridgehead atoms. The fourth-order valence-corrected chi connectivity index (χ4v) is 6.60. The first-order valence-corrected chi connectivity index (χ1v) is 18.3. The van der Waals surface area contributed by atoms with Gasteiger partial charge >= 0.3 is 12.2 Å². The predicted octanol–water partition coefficient (Wildman–Crippen LogP) is 6.96. The van der Waals surface area contributed by atoms with Crippen LogP contribution in [0, 0.1) is 37.5 Å². The molecule has 8 N–H and O–H groups in total. The van der Waals surface area contributed by atoms with Gasteiger partial charge in [-0.05, 0) is 65.3 Å². The number of carboxylic acid groups (broad SMARTS) is 2. The van der Waals surface area contributed by atoms with Crippen LogP contribution in [0.3, 0.4) is 0 Å². The van der Waals surface area contributed by atoms with E-state index >= 15 is 0 Å². The fourth-order valence-electron chi connectivity index (χ4n) is 6.60. The number of imidazole rings is 2. The summed E-state index contributed by atoms with van der Waals surface area (Å²) >= 11 is 0. The van der Waals surface area contributed by atoms with E-state index in [4.69, 9.17) is 10.2 Å². The van der Waals surface area contributed by atoms with Crippen LogP contribution < -0.4 is 21.3 Å². The number of nitrogens with zero attached hydrogens (tertiary/aromatic N) is 2. The molecular formula is C40H54N8O6. The minimum Gasteiger partial charge on any atom is -0.465 e. The summed E-state index contributed by atoms with van der Waals surface area (Å²) in [5.41, 5.74) is 7.92. The van der Waals surface area contributed by atoms with Crippen molar-refractivity contribution in [3.63, 3.8) is 0 Å².